The number of benzene rings is 2. The van der Waals surface area contributed by atoms with Gasteiger partial charge in [-0.2, -0.15) is 0 Å². The number of hydrogen-bond donors (Lipinski definition) is 3. The first-order valence-corrected chi connectivity index (χ1v) is 9.56. The molecule has 3 N–H and O–H groups in total. The van der Waals surface area contributed by atoms with Crippen molar-refractivity contribution in [1.82, 2.24) is 0 Å². The van der Waals surface area contributed by atoms with E-state index in [0.717, 1.165) is 16.7 Å². The maximum atomic E-state index is 10.3. The number of halogens is 2. The van der Waals surface area contributed by atoms with Gasteiger partial charge in [-0.1, -0.05) is 59.6 Å². The summed E-state index contributed by atoms with van der Waals surface area (Å²) in [7, 11) is 0. The second-order valence-electron chi connectivity index (χ2n) is 6.71. The van der Waals surface area contributed by atoms with E-state index >= 15 is 0 Å². The molecule has 6 heteroatoms. The lowest BCUT2D eigenvalue weighted by Crippen LogP contribution is -2.44. The van der Waals surface area contributed by atoms with E-state index in [0.29, 0.717) is 16.5 Å². The van der Waals surface area contributed by atoms with Gasteiger partial charge in [-0.25, -0.2) is 0 Å². The molecule has 4 nitrogen and oxygen atoms in total. The molecule has 0 radical (unpaired) electrons. The molecule has 1 aliphatic rings. The van der Waals surface area contributed by atoms with Crippen molar-refractivity contribution in [3.8, 4) is 0 Å². The van der Waals surface area contributed by atoms with Crippen molar-refractivity contribution in [2.45, 2.75) is 37.3 Å². The van der Waals surface area contributed by atoms with Crippen LogP contribution in [0.15, 0.2) is 48.5 Å². The lowest BCUT2D eigenvalue weighted by molar-refractivity contribution is -0.179. The summed E-state index contributed by atoms with van der Waals surface area (Å²) in [5.74, 6) is 0. The van der Waals surface area contributed by atoms with Crippen LogP contribution in [0.2, 0.25) is 10.0 Å². The molecule has 0 aliphatic carbocycles. The van der Waals surface area contributed by atoms with Gasteiger partial charge in [0.2, 0.25) is 0 Å². The number of hydrogen-bond acceptors (Lipinski definition) is 4. The summed E-state index contributed by atoms with van der Waals surface area (Å²) >= 11 is 12.0. The van der Waals surface area contributed by atoms with Gasteiger partial charge in [0, 0.05) is 16.5 Å². The quantitative estimate of drug-likeness (QED) is 0.703. The molecule has 2 aromatic rings. The average molecular weight is 409 g/mol. The first-order valence-electron chi connectivity index (χ1n) is 8.80. The molecule has 1 fully saturated rings. The van der Waals surface area contributed by atoms with E-state index in [9.17, 15) is 15.3 Å². The third-order valence-electron chi connectivity index (χ3n) is 4.58. The molecular formula is C21H22Cl2O4. The lowest BCUT2D eigenvalue weighted by Gasteiger charge is -2.37. The molecular weight excluding hydrogens is 387 g/mol. The largest absolute Gasteiger partial charge is 0.394 e. The van der Waals surface area contributed by atoms with E-state index in [2.05, 4.69) is 0 Å². The minimum absolute atomic E-state index is 0.190. The van der Waals surface area contributed by atoms with Crippen LogP contribution < -0.4 is 0 Å². The van der Waals surface area contributed by atoms with Gasteiger partial charge in [0.1, 0.15) is 12.2 Å². The topological polar surface area (TPSA) is 69.9 Å². The molecule has 0 spiro atoms. The van der Waals surface area contributed by atoms with Crippen molar-refractivity contribution < 1.29 is 20.1 Å². The van der Waals surface area contributed by atoms with Gasteiger partial charge in [0.15, 0.2) is 0 Å². The highest BCUT2D eigenvalue weighted by molar-refractivity contribution is 6.34. The Morgan fingerprint density at radius 2 is 1.81 bits per heavy atom. The van der Waals surface area contributed by atoms with Gasteiger partial charge >= 0.3 is 0 Å². The minimum atomic E-state index is -1.02. The van der Waals surface area contributed by atoms with Crippen LogP contribution >= 0.6 is 23.2 Å². The van der Waals surface area contributed by atoms with Crippen molar-refractivity contribution in [1.29, 1.82) is 0 Å². The number of ether oxygens (including phenoxy) is 1. The van der Waals surface area contributed by atoms with Crippen molar-refractivity contribution in [2.24, 2.45) is 0 Å². The Morgan fingerprint density at radius 1 is 1.07 bits per heavy atom. The highest BCUT2D eigenvalue weighted by Gasteiger charge is 2.37. The summed E-state index contributed by atoms with van der Waals surface area (Å²) in [5, 5.41) is 30.8. The standard InChI is InChI=1S/C21H22Cl2O4/c22-16-8-14(9-17(23)10-16)5-1-3-13-4-2-6-15(7-13)21-20(26)19(25)11-18(12-24)27-21/h1-2,4-10,18-21,24-26H,3,11-12H2/b5-1+/t18-,19-,20-,21+/m0/s1. The smallest absolute Gasteiger partial charge is 0.111 e. The maximum Gasteiger partial charge on any atom is 0.111 e. The third kappa shape index (κ3) is 5.32. The molecule has 4 atom stereocenters. The predicted octanol–water partition coefficient (Wildman–Crippen LogP) is 3.79. The zero-order valence-corrected chi connectivity index (χ0v) is 16.1. The molecule has 144 valence electrons. The average Bonchev–Trinajstić information content (AvgIpc) is 2.63. The van der Waals surface area contributed by atoms with E-state index in [1.807, 2.05) is 48.6 Å². The zero-order chi connectivity index (χ0) is 19.4. The fourth-order valence-corrected chi connectivity index (χ4v) is 3.79. The fraction of sp³-hybridized carbons (Fsp3) is 0.333. The minimum Gasteiger partial charge on any atom is -0.394 e. The number of rotatable bonds is 5. The maximum absolute atomic E-state index is 10.3. The van der Waals surface area contributed by atoms with Crippen LogP contribution in [0.4, 0.5) is 0 Å². The van der Waals surface area contributed by atoms with Crippen molar-refractivity contribution in [2.75, 3.05) is 6.61 Å². The summed E-state index contributed by atoms with van der Waals surface area (Å²) in [4.78, 5) is 0. The number of aliphatic hydroxyl groups is 3. The summed E-state index contributed by atoms with van der Waals surface area (Å²) < 4.78 is 5.75. The lowest BCUT2D eigenvalue weighted by atomic mass is 9.92. The van der Waals surface area contributed by atoms with Crippen LogP contribution in [0.3, 0.4) is 0 Å². The van der Waals surface area contributed by atoms with E-state index in [1.165, 1.54) is 0 Å². The Labute approximate surface area is 168 Å². The molecule has 2 aromatic carbocycles. The summed E-state index contributed by atoms with van der Waals surface area (Å²) in [6.45, 7) is -0.190. The Kier molecular flexibility index (Phi) is 6.93. The van der Waals surface area contributed by atoms with E-state index in [-0.39, 0.29) is 13.0 Å². The summed E-state index contributed by atoms with van der Waals surface area (Å²) in [6, 6.07) is 13.0. The monoisotopic (exact) mass is 408 g/mol. The first kappa shape index (κ1) is 20.3. The van der Waals surface area contributed by atoms with Crippen LogP contribution in [0.25, 0.3) is 6.08 Å². The fourth-order valence-electron chi connectivity index (χ4n) is 3.25. The highest BCUT2D eigenvalue weighted by Crippen LogP contribution is 2.32. The van der Waals surface area contributed by atoms with E-state index in [1.54, 1.807) is 6.07 Å². The second-order valence-corrected chi connectivity index (χ2v) is 7.58. The zero-order valence-electron chi connectivity index (χ0n) is 14.6. The Morgan fingerprint density at radius 3 is 2.52 bits per heavy atom. The Balaban J connectivity index is 1.72. The van der Waals surface area contributed by atoms with E-state index < -0.39 is 24.4 Å². The van der Waals surface area contributed by atoms with Gasteiger partial charge in [-0.15, -0.1) is 0 Å². The molecule has 0 bridgehead atoms. The van der Waals surface area contributed by atoms with Gasteiger partial charge in [0.25, 0.3) is 0 Å². The highest BCUT2D eigenvalue weighted by atomic mass is 35.5. The van der Waals surface area contributed by atoms with Crippen molar-refractivity contribution in [3.63, 3.8) is 0 Å². The molecule has 1 aliphatic heterocycles. The molecule has 27 heavy (non-hydrogen) atoms. The van der Waals surface area contributed by atoms with Gasteiger partial charge in [0.05, 0.1) is 18.8 Å². The summed E-state index contributed by atoms with van der Waals surface area (Å²) in [6.07, 6.45) is 1.76. The van der Waals surface area contributed by atoms with Crippen molar-refractivity contribution in [3.05, 3.63) is 75.3 Å². The normalized spacial score (nSPS) is 25.8. The molecule has 0 unspecified atom stereocenters. The third-order valence-corrected chi connectivity index (χ3v) is 5.02. The molecule has 0 amide bonds. The molecule has 0 saturated carbocycles. The molecule has 1 heterocycles. The van der Waals surface area contributed by atoms with E-state index in [4.69, 9.17) is 27.9 Å². The molecule has 0 aromatic heterocycles. The summed E-state index contributed by atoms with van der Waals surface area (Å²) in [5.41, 5.74) is 2.73. The van der Waals surface area contributed by atoms with Crippen molar-refractivity contribution >= 4 is 29.3 Å². The van der Waals surface area contributed by atoms with Crippen LogP contribution in [0, 0.1) is 0 Å². The Bertz CT molecular complexity index is 788. The number of aliphatic hydroxyl groups excluding tert-OH is 3. The Hall–Kier alpha value is -1.40. The molecule has 3 rings (SSSR count). The van der Waals surface area contributed by atoms with Crippen LogP contribution in [-0.4, -0.2) is 40.2 Å². The van der Waals surface area contributed by atoms with Crippen LogP contribution in [0.1, 0.15) is 29.2 Å². The SMILES string of the molecule is OC[C@@H]1C[C@H](O)[C@H](O)[C@@H](c2cccc(C/C=C/c3cc(Cl)cc(Cl)c3)c2)O1. The van der Waals surface area contributed by atoms with Gasteiger partial charge in [-0.05, 0) is 41.3 Å². The van der Waals surface area contributed by atoms with Crippen LogP contribution in [-0.2, 0) is 11.2 Å². The van der Waals surface area contributed by atoms with Crippen LogP contribution in [0.5, 0.6) is 0 Å². The van der Waals surface area contributed by atoms with Gasteiger partial charge < -0.3 is 20.1 Å². The predicted molar refractivity (Wildman–Crippen MR) is 107 cm³/mol. The second kappa shape index (κ2) is 9.20. The molecule has 1 saturated heterocycles. The first-order chi connectivity index (χ1) is 13.0. The van der Waals surface area contributed by atoms with Gasteiger partial charge in [-0.3, -0.25) is 0 Å². The number of allylic oxidation sites excluding steroid dienone is 1.